The third-order valence-corrected chi connectivity index (χ3v) is 7.70. The lowest BCUT2D eigenvalue weighted by Gasteiger charge is -2.33. The van der Waals surface area contributed by atoms with Gasteiger partial charge < -0.3 is 20.6 Å². The summed E-state index contributed by atoms with van der Waals surface area (Å²) in [5, 5.41) is 19.3. The molecule has 1 aliphatic rings. The van der Waals surface area contributed by atoms with Crippen LogP contribution in [0.1, 0.15) is 54.5 Å². The molecule has 0 saturated carbocycles. The van der Waals surface area contributed by atoms with E-state index in [0.717, 1.165) is 49.0 Å². The molecule has 0 unspecified atom stereocenters. The summed E-state index contributed by atoms with van der Waals surface area (Å²) in [6.07, 6.45) is 2.96. The Morgan fingerprint density at radius 1 is 1.22 bits per heavy atom. The van der Waals surface area contributed by atoms with Crippen LogP contribution in [0.3, 0.4) is 0 Å². The second kappa shape index (κ2) is 11.8. The molecule has 1 aromatic heterocycles. The van der Waals surface area contributed by atoms with Crippen molar-refractivity contribution in [1.29, 1.82) is 0 Å². The Hall–Kier alpha value is -3.04. The number of hydrogen-bond acceptors (Lipinski definition) is 5. The van der Waals surface area contributed by atoms with E-state index in [4.69, 9.17) is 12.2 Å². The number of phenols is 1. The molecule has 1 amide bonds. The second-order valence-electron chi connectivity index (χ2n) is 9.44. The zero-order chi connectivity index (χ0) is 25.7. The number of hydrogen-bond donors (Lipinski definition) is 3. The van der Waals surface area contributed by atoms with Crippen LogP contribution in [0.25, 0.3) is 11.1 Å². The summed E-state index contributed by atoms with van der Waals surface area (Å²) in [6.45, 7) is 7.03. The van der Waals surface area contributed by atoms with Gasteiger partial charge in [0.25, 0.3) is 5.91 Å². The van der Waals surface area contributed by atoms with Gasteiger partial charge in [0.05, 0.1) is 5.01 Å². The van der Waals surface area contributed by atoms with E-state index in [1.165, 1.54) is 41.7 Å². The number of amides is 1. The van der Waals surface area contributed by atoms with Gasteiger partial charge in [-0.2, -0.15) is 0 Å². The van der Waals surface area contributed by atoms with Crippen LogP contribution >= 0.6 is 23.6 Å². The SMILES string of the molecule is CC(C)CCNC(=S)N1CCC(c2nc(C(=O)Nc3ccc(F)cc3-c3ccc(O)cc3)cs2)CC1. The van der Waals surface area contributed by atoms with Crippen molar-refractivity contribution in [2.75, 3.05) is 25.0 Å². The van der Waals surface area contributed by atoms with Gasteiger partial charge in [0.15, 0.2) is 5.11 Å². The van der Waals surface area contributed by atoms with Gasteiger partial charge in [-0.1, -0.05) is 26.0 Å². The van der Waals surface area contributed by atoms with Crippen LogP contribution in [0.5, 0.6) is 5.75 Å². The fraction of sp³-hybridized carbons (Fsp3) is 0.370. The van der Waals surface area contributed by atoms with E-state index in [-0.39, 0.29) is 11.7 Å². The van der Waals surface area contributed by atoms with Crippen molar-refractivity contribution in [3.63, 3.8) is 0 Å². The predicted molar refractivity (Wildman–Crippen MR) is 147 cm³/mol. The Morgan fingerprint density at radius 2 is 1.94 bits per heavy atom. The standard InChI is InChI=1S/C27H31FN4O2S2/c1-17(2)9-12-29-27(35)32-13-10-19(11-14-32)26-31-24(16-36-26)25(34)30-23-8-5-20(28)15-22(23)18-3-6-21(33)7-4-18/h3-8,15-17,19,33H,9-14H2,1-2H3,(H,29,35)(H,30,34). The van der Waals surface area contributed by atoms with Gasteiger partial charge in [-0.15, -0.1) is 11.3 Å². The fourth-order valence-electron chi connectivity index (χ4n) is 4.18. The Bertz CT molecular complexity index is 1200. The van der Waals surface area contributed by atoms with Crippen molar-refractivity contribution < 1.29 is 14.3 Å². The molecule has 2 aromatic carbocycles. The maximum absolute atomic E-state index is 14.0. The van der Waals surface area contributed by atoms with Gasteiger partial charge in [-0.05, 0) is 73.3 Å². The van der Waals surface area contributed by atoms with Gasteiger partial charge in [-0.3, -0.25) is 4.79 Å². The number of benzene rings is 2. The summed E-state index contributed by atoms with van der Waals surface area (Å²) in [4.78, 5) is 19.8. The molecule has 3 N–H and O–H groups in total. The number of phenolic OH excluding ortho intramolecular Hbond substituents is 1. The number of anilines is 1. The molecule has 9 heteroatoms. The summed E-state index contributed by atoms with van der Waals surface area (Å²) in [5.41, 5.74) is 2.05. The minimum atomic E-state index is -0.409. The number of nitrogens with zero attached hydrogens (tertiary/aromatic N) is 2. The van der Waals surface area contributed by atoms with Gasteiger partial charge in [0.2, 0.25) is 0 Å². The Morgan fingerprint density at radius 3 is 2.64 bits per heavy atom. The number of aromatic nitrogens is 1. The Kier molecular flexibility index (Phi) is 8.53. The van der Waals surface area contributed by atoms with Crippen LogP contribution in [0.2, 0.25) is 0 Å². The maximum Gasteiger partial charge on any atom is 0.275 e. The van der Waals surface area contributed by atoms with Gasteiger partial charge in [0.1, 0.15) is 17.3 Å². The molecular formula is C27H31FN4O2S2. The summed E-state index contributed by atoms with van der Waals surface area (Å²) >= 11 is 7.05. The first-order chi connectivity index (χ1) is 17.3. The van der Waals surface area contributed by atoms with Crippen LogP contribution in [0, 0.1) is 11.7 Å². The molecule has 4 rings (SSSR count). The van der Waals surface area contributed by atoms with E-state index in [1.807, 2.05) is 0 Å². The molecule has 0 radical (unpaired) electrons. The van der Waals surface area contributed by atoms with Crippen molar-refractivity contribution >= 4 is 40.3 Å². The molecule has 0 spiro atoms. The molecule has 0 aliphatic carbocycles. The molecule has 36 heavy (non-hydrogen) atoms. The molecule has 1 fully saturated rings. The highest BCUT2D eigenvalue weighted by Gasteiger charge is 2.25. The number of halogens is 1. The maximum atomic E-state index is 14.0. The molecular weight excluding hydrogens is 495 g/mol. The average molecular weight is 527 g/mol. The topological polar surface area (TPSA) is 77.5 Å². The highest BCUT2D eigenvalue weighted by molar-refractivity contribution is 7.80. The third-order valence-electron chi connectivity index (χ3n) is 6.29. The number of thiazole rings is 1. The van der Waals surface area contributed by atoms with E-state index in [9.17, 15) is 14.3 Å². The predicted octanol–water partition coefficient (Wildman–Crippen LogP) is 6.01. The van der Waals surface area contributed by atoms with Crippen LogP contribution in [0.4, 0.5) is 10.1 Å². The van der Waals surface area contributed by atoms with Crippen molar-refractivity contribution in [1.82, 2.24) is 15.2 Å². The largest absolute Gasteiger partial charge is 0.508 e. The van der Waals surface area contributed by atoms with Crippen molar-refractivity contribution in [3.05, 3.63) is 64.4 Å². The second-order valence-corrected chi connectivity index (χ2v) is 10.7. The molecule has 1 aliphatic heterocycles. The molecule has 6 nitrogen and oxygen atoms in total. The van der Waals surface area contributed by atoms with Gasteiger partial charge >= 0.3 is 0 Å². The van der Waals surface area contributed by atoms with Crippen molar-refractivity contribution in [2.24, 2.45) is 5.92 Å². The quantitative estimate of drug-likeness (QED) is 0.328. The van der Waals surface area contributed by atoms with E-state index >= 15 is 0 Å². The van der Waals surface area contributed by atoms with E-state index < -0.39 is 5.82 Å². The number of aromatic hydroxyl groups is 1. The van der Waals surface area contributed by atoms with Gasteiger partial charge in [-0.25, -0.2) is 9.37 Å². The minimum Gasteiger partial charge on any atom is -0.508 e. The van der Waals surface area contributed by atoms with E-state index in [0.29, 0.717) is 34.3 Å². The summed E-state index contributed by atoms with van der Waals surface area (Å²) in [6, 6.07) is 10.6. The summed E-state index contributed by atoms with van der Waals surface area (Å²) in [5.74, 6) is 0.310. The molecule has 190 valence electrons. The highest BCUT2D eigenvalue weighted by atomic mass is 32.1. The monoisotopic (exact) mass is 526 g/mol. The molecule has 2 heterocycles. The highest BCUT2D eigenvalue weighted by Crippen LogP contribution is 2.32. The van der Waals surface area contributed by atoms with E-state index in [2.05, 4.69) is 34.4 Å². The zero-order valence-corrected chi connectivity index (χ0v) is 22.1. The lowest BCUT2D eigenvalue weighted by atomic mass is 9.98. The number of rotatable bonds is 7. The summed E-state index contributed by atoms with van der Waals surface area (Å²) < 4.78 is 14.0. The summed E-state index contributed by atoms with van der Waals surface area (Å²) in [7, 11) is 0. The lowest BCUT2D eigenvalue weighted by molar-refractivity contribution is 0.102. The van der Waals surface area contributed by atoms with Crippen LogP contribution in [0.15, 0.2) is 47.8 Å². The van der Waals surface area contributed by atoms with Crippen molar-refractivity contribution in [3.8, 4) is 16.9 Å². The molecule has 1 saturated heterocycles. The lowest BCUT2D eigenvalue weighted by Crippen LogP contribution is -2.44. The normalized spacial score (nSPS) is 14.2. The molecule has 0 atom stereocenters. The first-order valence-electron chi connectivity index (χ1n) is 12.2. The smallest absolute Gasteiger partial charge is 0.275 e. The zero-order valence-electron chi connectivity index (χ0n) is 20.5. The van der Waals surface area contributed by atoms with Crippen molar-refractivity contribution in [2.45, 2.75) is 39.0 Å². The first-order valence-corrected chi connectivity index (χ1v) is 13.5. The number of nitrogens with one attached hydrogen (secondary N) is 2. The fourth-order valence-corrected chi connectivity index (χ4v) is 5.44. The Labute approximate surface area is 220 Å². The Balaban J connectivity index is 1.37. The number of likely N-dealkylation sites (tertiary alicyclic amines) is 1. The number of piperidine rings is 1. The number of carbonyl (C=O) groups is 1. The molecule has 0 bridgehead atoms. The molecule has 3 aromatic rings. The van der Waals surface area contributed by atoms with Crippen LogP contribution < -0.4 is 10.6 Å². The van der Waals surface area contributed by atoms with Crippen LogP contribution in [-0.2, 0) is 0 Å². The third kappa shape index (κ3) is 6.59. The van der Waals surface area contributed by atoms with Crippen LogP contribution in [-0.4, -0.2) is 45.6 Å². The average Bonchev–Trinajstić information content (AvgIpc) is 3.36. The first kappa shape index (κ1) is 26.0. The number of carbonyl (C=O) groups excluding carboxylic acids is 1. The number of thiocarbonyl (C=S) groups is 1. The van der Waals surface area contributed by atoms with Gasteiger partial charge in [0, 0.05) is 42.2 Å². The van der Waals surface area contributed by atoms with E-state index in [1.54, 1.807) is 17.5 Å². The minimum absolute atomic E-state index is 0.116.